The summed E-state index contributed by atoms with van der Waals surface area (Å²) in [5, 5.41) is 13.9. The van der Waals surface area contributed by atoms with Gasteiger partial charge in [0, 0.05) is 6.54 Å². The maximum Gasteiger partial charge on any atom is 0.416 e. The highest BCUT2D eigenvalue weighted by Crippen LogP contribution is 2.31. The molecule has 8 nitrogen and oxygen atoms in total. The number of likely N-dealkylation sites (tertiary alicyclic amines) is 1. The Hall–Kier alpha value is -2.69. The van der Waals surface area contributed by atoms with Crippen LogP contribution in [0.4, 0.5) is 18.0 Å². The first-order valence-corrected chi connectivity index (χ1v) is 9.02. The van der Waals surface area contributed by atoms with E-state index in [1.807, 2.05) is 0 Å². The molecular weight excluding hydrogens is 391 g/mol. The van der Waals surface area contributed by atoms with E-state index in [1.165, 1.54) is 17.0 Å². The van der Waals surface area contributed by atoms with E-state index in [0.717, 1.165) is 12.1 Å². The van der Waals surface area contributed by atoms with Gasteiger partial charge in [-0.2, -0.15) is 18.4 Å². The number of carbonyl (C=O) groups excluding carboxylic acids is 1. The molecule has 1 aromatic heterocycles. The summed E-state index contributed by atoms with van der Waals surface area (Å²) in [6.45, 7) is 5.93. The number of nitrogens with one attached hydrogen (secondary N) is 1. The van der Waals surface area contributed by atoms with Gasteiger partial charge >= 0.3 is 12.3 Å². The summed E-state index contributed by atoms with van der Waals surface area (Å²) in [4.78, 5) is 13.9. The van der Waals surface area contributed by atoms with Gasteiger partial charge in [0.05, 0.1) is 30.7 Å². The Kier molecular flexibility index (Phi) is 5.78. The van der Waals surface area contributed by atoms with Crippen molar-refractivity contribution in [1.82, 2.24) is 25.5 Å². The maximum atomic E-state index is 12.7. The Labute approximate surface area is 165 Å². The van der Waals surface area contributed by atoms with E-state index in [4.69, 9.17) is 9.47 Å². The molecule has 0 radical (unpaired) electrons. The van der Waals surface area contributed by atoms with Gasteiger partial charge in [-0.1, -0.05) is 17.3 Å². The highest BCUT2D eigenvalue weighted by molar-refractivity contribution is 5.68. The van der Waals surface area contributed by atoms with Crippen LogP contribution in [0.3, 0.4) is 0 Å². The first-order chi connectivity index (χ1) is 13.5. The third kappa shape index (κ3) is 5.43. The quantitative estimate of drug-likeness (QED) is 0.828. The second-order valence-corrected chi connectivity index (χ2v) is 7.81. The van der Waals surface area contributed by atoms with Gasteiger partial charge < -0.3 is 14.4 Å². The number of hydrogen-bond donors (Lipinski definition) is 1. The number of alkyl halides is 3. The summed E-state index contributed by atoms with van der Waals surface area (Å²) >= 11 is 0. The van der Waals surface area contributed by atoms with Gasteiger partial charge in [0.1, 0.15) is 5.60 Å². The van der Waals surface area contributed by atoms with Crippen LogP contribution in [0.15, 0.2) is 24.3 Å². The fraction of sp³-hybridized carbons (Fsp3) is 0.556. The number of aromatic amines is 1. The second-order valence-electron chi connectivity index (χ2n) is 7.81. The first-order valence-electron chi connectivity index (χ1n) is 9.02. The van der Waals surface area contributed by atoms with Crippen LogP contribution >= 0.6 is 0 Å². The molecule has 0 saturated carbocycles. The molecule has 0 spiro atoms. The zero-order valence-electron chi connectivity index (χ0n) is 16.2. The van der Waals surface area contributed by atoms with Crippen molar-refractivity contribution in [3.63, 3.8) is 0 Å². The lowest BCUT2D eigenvalue weighted by Crippen LogP contribution is -2.36. The van der Waals surface area contributed by atoms with Gasteiger partial charge in [-0.15, -0.1) is 10.2 Å². The van der Waals surface area contributed by atoms with Gasteiger partial charge in [0.15, 0.2) is 5.82 Å². The maximum absolute atomic E-state index is 12.7. The third-order valence-corrected chi connectivity index (χ3v) is 4.36. The summed E-state index contributed by atoms with van der Waals surface area (Å²) in [5.74, 6) is 0.0594. The Balaban J connectivity index is 1.68. The van der Waals surface area contributed by atoms with Crippen molar-refractivity contribution in [2.45, 2.75) is 51.2 Å². The van der Waals surface area contributed by atoms with Crippen molar-refractivity contribution >= 4 is 6.09 Å². The normalized spacial score (nSPS) is 20.1. The summed E-state index contributed by atoms with van der Waals surface area (Å²) < 4.78 is 49.4. The van der Waals surface area contributed by atoms with E-state index in [1.54, 1.807) is 20.8 Å². The van der Waals surface area contributed by atoms with Gasteiger partial charge in [-0.25, -0.2) is 4.79 Å². The van der Waals surface area contributed by atoms with E-state index in [0.29, 0.717) is 11.4 Å². The number of nitrogens with zero attached hydrogens (tertiary/aromatic N) is 4. The van der Waals surface area contributed by atoms with Crippen molar-refractivity contribution in [2.75, 3.05) is 13.1 Å². The van der Waals surface area contributed by atoms with Crippen LogP contribution in [-0.2, 0) is 22.3 Å². The molecule has 1 aliphatic heterocycles. The van der Waals surface area contributed by atoms with Gasteiger partial charge in [-0.3, -0.25) is 0 Å². The molecule has 2 heterocycles. The van der Waals surface area contributed by atoms with Crippen LogP contribution in [0.5, 0.6) is 0 Å². The highest BCUT2D eigenvalue weighted by atomic mass is 19.4. The zero-order valence-corrected chi connectivity index (χ0v) is 16.2. The molecule has 2 atom stereocenters. The average Bonchev–Trinajstić information content (AvgIpc) is 3.27. The van der Waals surface area contributed by atoms with E-state index >= 15 is 0 Å². The fourth-order valence-corrected chi connectivity index (χ4v) is 2.99. The molecule has 1 saturated heterocycles. The predicted octanol–water partition coefficient (Wildman–Crippen LogP) is 3.14. The Morgan fingerprint density at radius 2 is 1.90 bits per heavy atom. The summed E-state index contributed by atoms with van der Waals surface area (Å²) in [6.07, 6.45) is -5.32. The number of H-pyrrole nitrogens is 1. The molecule has 0 bridgehead atoms. The van der Waals surface area contributed by atoms with Gasteiger partial charge in [-0.05, 0) is 38.5 Å². The molecule has 158 valence electrons. The van der Waals surface area contributed by atoms with E-state index in [2.05, 4.69) is 20.6 Å². The lowest BCUT2D eigenvalue weighted by atomic mass is 10.1. The molecule has 1 fully saturated rings. The monoisotopic (exact) mass is 413 g/mol. The predicted molar refractivity (Wildman–Crippen MR) is 94.7 cm³/mol. The lowest BCUT2D eigenvalue weighted by Gasteiger charge is -2.24. The molecule has 3 rings (SSSR count). The van der Waals surface area contributed by atoms with E-state index in [-0.39, 0.29) is 25.6 Å². The van der Waals surface area contributed by atoms with Crippen molar-refractivity contribution < 1.29 is 27.4 Å². The zero-order chi connectivity index (χ0) is 21.2. The van der Waals surface area contributed by atoms with Crippen LogP contribution < -0.4 is 0 Å². The standard InChI is InChI=1S/C18H22F3N5O3/c1-17(2,3)29-16(27)26-8-13(15-22-24-25-23-15)14(9-26)28-10-11-4-6-12(7-5-11)18(19,20)21/h4-7,13-14H,8-10H2,1-3H3,(H,22,23,24,25). The van der Waals surface area contributed by atoms with Gasteiger partial charge in [0.25, 0.3) is 0 Å². The molecule has 2 unspecified atom stereocenters. The van der Waals surface area contributed by atoms with E-state index < -0.39 is 29.5 Å². The highest BCUT2D eigenvalue weighted by Gasteiger charge is 2.41. The largest absolute Gasteiger partial charge is 0.444 e. The number of benzene rings is 1. The lowest BCUT2D eigenvalue weighted by molar-refractivity contribution is -0.137. The molecule has 1 N–H and O–H groups in total. The number of rotatable bonds is 4. The molecule has 2 aromatic rings. The number of carbonyl (C=O) groups is 1. The minimum absolute atomic E-state index is 0.0827. The Bertz CT molecular complexity index is 819. The Morgan fingerprint density at radius 1 is 1.21 bits per heavy atom. The van der Waals surface area contributed by atoms with Crippen molar-refractivity contribution in [1.29, 1.82) is 0 Å². The smallest absolute Gasteiger partial charge is 0.416 e. The number of amides is 1. The summed E-state index contributed by atoms with van der Waals surface area (Å²) in [7, 11) is 0. The van der Waals surface area contributed by atoms with Crippen LogP contribution in [0.2, 0.25) is 0 Å². The first kappa shape index (κ1) is 21.0. The summed E-state index contributed by atoms with van der Waals surface area (Å²) in [6, 6.07) is 4.76. The second kappa shape index (κ2) is 7.97. The number of halogens is 3. The van der Waals surface area contributed by atoms with Crippen LogP contribution in [0, 0.1) is 0 Å². The van der Waals surface area contributed by atoms with Crippen molar-refractivity contribution in [2.24, 2.45) is 0 Å². The summed E-state index contributed by atoms with van der Waals surface area (Å²) in [5.41, 5.74) is -0.777. The SMILES string of the molecule is CC(C)(C)OC(=O)N1CC(OCc2ccc(C(F)(F)F)cc2)C(c2nn[nH]n2)C1. The van der Waals surface area contributed by atoms with E-state index in [9.17, 15) is 18.0 Å². The molecule has 1 amide bonds. The van der Waals surface area contributed by atoms with Crippen LogP contribution in [-0.4, -0.2) is 56.4 Å². The minimum Gasteiger partial charge on any atom is -0.444 e. The Morgan fingerprint density at radius 3 is 2.45 bits per heavy atom. The topological polar surface area (TPSA) is 93.2 Å². The fourth-order valence-electron chi connectivity index (χ4n) is 2.99. The minimum atomic E-state index is -4.39. The van der Waals surface area contributed by atoms with Crippen molar-refractivity contribution in [3.8, 4) is 0 Å². The number of hydrogen-bond acceptors (Lipinski definition) is 6. The molecular formula is C18H22F3N5O3. The molecule has 29 heavy (non-hydrogen) atoms. The van der Waals surface area contributed by atoms with Crippen molar-refractivity contribution in [3.05, 3.63) is 41.2 Å². The molecule has 1 aromatic carbocycles. The molecule has 11 heteroatoms. The van der Waals surface area contributed by atoms with Crippen LogP contribution in [0.25, 0.3) is 0 Å². The number of ether oxygens (including phenoxy) is 2. The number of aromatic nitrogens is 4. The molecule has 1 aliphatic rings. The van der Waals surface area contributed by atoms with Gasteiger partial charge in [0.2, 0.25) is 0 Å². The van der Waals surface area contributed by atoms with Crippen LogP contribution in [0.1, 0.15) is 43.6 Å². The number of tetrazole rings is 1. The molecule has 0 aliphatic carbocycles. The third-order valence-electron chi connectivity index (χ3n) is 4.36. The average molecular weight is 413 g/mol.